The number of likely N-dealkylation sites (tertiary alicyclic amines) is 1. The van der Waals surface area contributed by atoms with Gasteiger partial charge in [0.1, 0.15) is 0 Å². The van der Waals surface area contributed by atoms with Gasteiger partial charge >= 0.3 is 0 Å². The average Bonchev–Trinajstić information content (AvgIpc) is 3.57. The van der Waals surface area contributed by atoms with Crippen LogP contribution in [0.25, 0.3) is 22.4 Å². The Hall–Kier alpha value is -3.63. The van der Waals surface area contributed by atoms with Crippen LogP contribution in [-0.2, 0) is 25.9 Å². The molecule has 0 atom stereocenters. The van der Waals surface area contributed by atoms with Crippen LogP contribution in [0.1, 0.15) is 74.9 Å². The Bertz CT molecular complexity index is 1890. The average molecular weight is 707 g/mol. The summed E-state index contributed by atoms with van der Waals surface area (Å²) >= 11 is 0. The molecule has 1 aromatic heterocycles. The molecule has 1 aliphatic carbocycles. The third-order valence-corrected chi connectivity index (χ3v) is 11.4. The molecule has 0 unspecified atom stereocenters. The molecule has 50 heavy (non-hydrogen) atoms. The van der Waals surface area contributed by atoms with Crippen molar-refractivity contribution in [1.82, 2.24) is 9.88 Å². The summed E-state index contributed by atoms with van der Waals surface area (Å²) in [5, 5.41) is 0. The van der Waals surface area contributed by atoms with Crippen molar-refractivity contribution in [3.05, 3.63) is 141 Å². The molecule has 2 aliphatic rings. The van der Waals surface area contributed by atoms with Gasteiger partial charge in [-0.3, -0.25) is 9.88 Å². The maximum absolute atomic E-state index is 4.76. The molecular weight excluding hydrogens is 653 g/mol. The minimum Gasteiger partial charge on any atom is -0.364 e. The van der Waals surface area contributed by atoms with Crippen molar-refractivity contribution < 1.29 is 0 Å². The maximum Gasteiger partial charge on any atom is 0.0705 e. The van der Waals surface area contributed by atoms with Crippen LogP contribution in [-0.4, -0.2) is 29.0 Å². The molecule has 5 heteroatoms. The second-order valence-corrected chi connectivity index (χ2v) is 14.7. The third-order valence-electron chi connectivity index (χ3n) is 11.4. The quantitative estimate of drug-likeness (QED) is 0.160. The van der Waals surface area contributed by atoms with Gasteiger partial charge in [-0.15, -0.1) is 24.8 Å². The van der Waals surface area contributed by atoms with Crippen molar-refractivity contribution in [3.63, 3.8) is 0 Å². The molecule has 0 N–H and O–H groups in total. The van der Waals surface area contributed by atoms with E-state index in [0.29, 0.717) is 6.04 Å². The summed E-state index contributed by atoms with van der Waals surface area (Å²) in [4.78, 5) is 10.1. The lowest BCUT2D eigenvalue weighted by Gasteiger charge is -2.40. The summed E-state index contributed by atoms with van der Waals surface area (Å²) < 4.78 is 0. The molecule has 7 rings (SSSR count). The minimum atomic E-state index is 0. The Morgan fingerprint density at radius 1 is 0.620 bits per heavy atom. The number of aryl methyl sites for hydroxylation is 6. The van der Waals surface area contributed by atoms with Crippen molar-refractivity contribution in [2.75, 3.05) is 18.0 Å². The highest BCUT2D eigenvalue weighted by molar-refractivity contribution is 5.85. The van der Waals surface area contributed by atoms with Crippen molar-refractivity contribution >= 4 is 30.5 Å². The van der Waals surface area contributed by atoms with Gasteiger partial charge in [0, 0.05) is 49.7 Å². The molecule has 1 saturated heterocycles. The van der Waals surface area contributed by atoms with E-state index in [2.05, 4.69) is 130 Å². The van der Waals surface area contributed by atoms with E-state index in [9.17, 15) is 0 Å². The zero-order chi connectivity index (χ0) is 33.4. The Morgan fingerprint density at radius 2 is 1.22 bits per heavy atom. The number of anilines is 1. The number of hydrogen-bond acceptors (Lipinski definition) is 3. The molecular formula is C45H53Cl2N3. The molecule has 0 spiro atoms. The van der Waals surface area contributed by atoms with E-state index in [1.807, 2.05) is 6.20 Å². The number of pyridine rings is 1. The fourth-order valence-corrected chi connectivity index (χ4v) is 7.93. The van der Waals surface area contributed by atoms with Crippen molar-refractivity contribution in [2.45, 2.75) is 92.8 Å². The standard InChI is InChI=1S/C45H51N3.2ClH/c1-30-22-41(23-31(2)34(30)5)39-12-10-36(11-13-39)29-48(44-15-14-38-8-7-9-40(38)27-44)43-17-20-47(21-18-43)28-37-16-19-46-45(26-37)42-24-32(3)35(6)33(4)25-42;;/h10-16,19,22-27,43H,7-9,17-18,20-21,28-29H2,1-6H3;2*1H. The first-order valence-electron chi connectivity index (χ1n) is 18.0. The molecule has 4 aromatic carbocycles. The Kier molecular flexibility index (Phi) is 12.2. The van der Waals surface area contributed by atoms with Gasteiger partial charge in [-0.1, -0.05) is 42.5 Å². The molecule has 3 nitrogen and oxygen atoms in total. The fourth-order valence-electron chi connectivity index (χ4n) is 7.93. The van der Waals surface area contributed by atoms with Gasteiger partial charge in [0.15, 0.2) is 0 Å². The molecule has 5 aromatic rings. The van der Waals surface area contributed by atoms with Gasteiger partial charge in [0.25, 0.3) is 0 Å². The van der Waals surface area contributed by atoms with Crippen LogP contribution in [0.2, 0.25) is 0 Å². The molecule has 0 amide bonds. The van der Waals surface area contributed by atoms with Gasteiger partial charge in [-0.05, 0) is 177 Å². The largest absolute Gasteiger partial charge is 0.364 e. The number of nitrogens with zero attached hydrogens (tertiary/aromatic N) is 3. The van der Waals surface area contributed by atoms with E-state index in [0.717, 1.165) is 31.9 Å². The number of halogens is 2. The van der Waals surface area contributed by atoms with Gasteiger partial charge in [-0.25, -0.2) is 0 Å². The van der Waals surface area contributed by atoms with Gasteiger partial charge in [-0.2, -0.15) is 0 Å². The van der Waals surface area contributed by atoms with Crippen LogP contribution in [0.15, 0.2) is 85.1 Å². The number of rotatable bonds is 8. The molecule has 2 heterocycles. The van der Waals surface area contributed by atoms with Crippen molar-refractivity contribution in [3.8, 4) is 22.4 Å². The molecule has 262 valence electrons. The Labute approximate surface area is 313 Å². The van der Waals surface area contributed by atoms with Crippen molar-refractivity contribution in [1.29, 1.82) is 0 Å². The van der Waals surface area contributed by atoms with Gasteiger partial charge < -0.3 is 4.90 Å². The number of piperidine rings is 1. The predicted molar refractivity (Wildman–Crippen MR) is 217 cm³/mol. The first kappa shape index (κ1) is 37.6. The molecule has 0 bridgehead atoms. The maximum atomic E-state index is 4.76. The van der Waals surface area contributed by atoms with Gasteiger partial charge in [0.2, 0.25) is 0 Å². The number of hydrogen-bond donors (Lipinski definition) is 0. The lowest BCUT2D eigenvalue weighted by atomic mass is 9.95. The topological polar surface area (TPSA) is 19.4 Å². The highest BCUT2D eigenvalue weighted by Crippen LogP contribution is 2.33. The second kappa shape index (κ2) is 16.1. The molecule has 0 radical (unpaired) electrons. The minimum absolute atomic E-state index is 0. The number of fused-ring (bicyclic) bond motifs is 1. The van der Waals surface area contributed by atoms with E-state index in [4.69, 9.17) is 4.98 Å². The predicted octanol–water partition coefficient (Wildman–Crippen LogP) is 11.3. The summed E-state index contributed by atoms with van der Waals surface area (Å²) in [5.74, 6) is 0. The monoisotopic (exact) mass is 705 g/mol. The highest BCUT2D eigenvalue weighted by atomic mass is 35.5. The van der Waals surface area contributed by atoms with Crippen LogP contribution < -0.4 is 4.90 Å². The molecule has 1 fully saturated rings. The summed E-state index contributed by atoms with van der Waals surface area (Å²) in [6.07, 6.45) is 8.07. The Morgan fingerprint density at radius 3 is 1.86 bits per heavy atom. The molecule has 0 saturated carbocycles. The lowest BCUT2D eigenvalue weighted by Crippen LogP contribution is -2.44. The Balaban J connectivity index is 0.00000243. The smallest absolute Gasteiger partial charge is 0.0705 e. The van der Waals surface area contributed by atoms with Crippen molar-refractivity contribution in [2.24, 2.45) is 0 Å². The SMILES string of the molecule is Cc1cc(-c2ccc(CN(c3ccc4c(c3)CCC4)C3CCN(Cc4ccnc(-c5cc(C)c(C)c(C)c5)c4)CC3)cc2)cc(C)c1C.Cl.Cl. The lowest BCUT2D eigenvalue weighted by molar-refractivity contribution is 0.201. The van der Waals surface area contributed by atoms with Crippen LogP contribution >= 0.6 is 24.8 Å². The first-order valence-corrected chi connectivity index (χ1v) is 18.0. The first-order chi connectivity index (χ1) is 23.2. The zero-order valence-electron chi connectivity index (χ0n) is 30.7. The second-order valence-electron chi connectivity index (χ2n) is 14.7. The van der Waals surface area contributed by atoms with E-state index < -0.39 is 0 Å². The summed E-state index contributed by atoms with van der Waals surface area (Å²) in [7, 11) is 0. The van der Waals surface area contributed by atoms with Gasteiger partial charge in [0.05, 0.1) is 5.69 Å². The summed E-state index contributed by atoms with van der Waals surface area (Å²) in [5.41, 5.74) is 20.3. The number of benzene rings is 4. The number of aromatic nitrogens is 1. The van der Waals surface area contributed by atoms with E-state index in [1.165, 1.54) is 99.0 Å². The van der Waals surface area contributed by atoms with Crippen LogP contribution in [0.3, 0.4) is 0 Å². The highest BCUT2D eigenvalue weighted by Gasteiger charge is 2.26. The van der Waals surface area contributed by atoms with Crippen LogP contribution in [0.4, 0.5) is 5.69 Å². The van der Waals surface area contributed by atoms with E-state index >= 15 is 0 Å². The summed E-state index contributed by atoms with van der Waals surface area (Å²) in [6, 6.07) is 30.9. The van der Waals surface area contributed by atoms with Crippen LogP contribution in [0, 0.1) is 41.5 Å². The van der Waals surface area contributed by atoms with Crippen LogP contribution in [0.5, 0.6) is 0 Å². The molecule has 1 aliphatic heterocycles. The normalized spacial score (nSPS) is 14.5. The zero-order valence-corrected chi connectivity index (χ0v) is 32.3. The van der Waals surface area contributed by atoms with E-state index in [-0.39, 0.29) is 24.8 Å². The third kappa shape index (κ3) is 8.12. The fraction of sp³-hybridized carbons (Fsp3) is 0.356. The summed E-state index contributed by atoms with van der Waals surface area (Å²) in [6.45, 7) is 17.4. The van der Waals surface area contributed by atoms with E-state index in [1.54, 1.807) is 11.1 Å².